The van der Waals surface area contributed by atoms with E-state index in [9.17, 15) is 4.39 Å². The van der Waals surface area contributed by atoms with Gasteiger partial charge >= 0.3 is 0 Å². The monoisotopic (exact) mass is 332 g/mol. The second kappa shape index (κ2) is 5.38. The first-order valence-corrected chi connectivity index (χ1v) is 7.19. The van der Waals surface area contributed by atoms with Gasteiger partial charge in [-0.1, -0.05) is 40.2 Å². The molecule has 0 radical (unpaired) electrons. The van der Waals surface area contributed by atoms with E-state index in [4.69, 9.17) is 5.73 Å². The van der Waals surface area contributed by atoms with Crippen molar-refractivity contribution in [1.82, 2.24) is 4.57 Å². The highest BCUT2D eigenvalue weighted by molar-refractivity contribution is 9.10. The third kappa shape index (κ3) is 2.37. The molecule has 20 heavy (non-hydrogen) atoms. The molecule has 0 atom stereocenters. The first-order valence-electron chi connectivity index (χ1n) is 6.40. The fourth-order valence-electron chi connectivity index (χ4n) is 2.45. The Morgan fingerprint density at radius 2 is 1.90 bits per heavy atom. The Bertz CT molecular complexity index is 764. The van der Waals surface area contributed by atoms with Gasteiger partial charge in [0.15, 0.2) is 0 Å². The lowest BCUT2D eigenvalue weighted by Crippen LogP contribution is -1.99. The molecule has 3 aromatic rings. The fourth-order valence-corrected chi connectivity index (χ4v) is 2.93. The number of hydrogen-bond donors (Lipinski definition) is 1. The number of nitrogens with zero attached hydrogens (tertiary/aromatic N) is 1. The Labute approximate surface area is 125 Å². The molecule has 0 saturated heterocycles. The number of nitrogens with two attached hydrogens (primary N) is 1. The molecular formula is C16H14BrFN2. The predicted molar refractivity (Wildman–Crippen MR) is 83.0 cm³/mol. The van der Waals surface area contributed by atoms with E-state index in [1.165, 1.54) is 17.5 Å². The van der Waals surface area contributed by atoms with E-state index in [2.05, 4.69) is 38.8 Å². The summed E-state index contributed by atoms with van der Waals surface area (Å²) >= 11 is 3.41. The van der Waals surface area contributed by atoms with Crippen molar-refractivity contribution in [2.75, 3.05) is 0 Å². The van der Waals surface area contributed by atoms with Crippen LogP contribution >= 0.6 is 15.9 Å². The zero-order chi connectivity index (χ0) is 14.1. The third-order valence-electron chi connectivity index (χ3n) is 3.45. The number of fused-ring (bicyclic) bond motifs is 1. The van der Waals surface area contributed by atoms with E-state index in [0.717, 1.165) is 21.1 Å². The Morgan fingerprint density at radius 3 is 2.65 bits per heavy atom. The highest BCUT2D eigenvalue weighted by Crippen LogP contribution is 2.24. The summed E-state index contributed by atoms with van der Waals surface area (Å²) in [6, 6.07) is 13.0. The summed E-state index contributed by atoms with van der Waals surface area (Å²) in [5.41, 5.74) is 9.10. The van der Waals surface area contributed by atoms with Crippen molar-refractivity contribution in [3.05, 3.63) is 70.1 Å². The van der Waals surface area contributed by atoms with Crippen molar-refractivity contribution >= 4 is 26.8 Å². The molecule has 3 rings (SSSR count). The van der Waals surface area contributed by atoms with Crippen LogP contribution in [0.1, 0.15) is 11.1 Å². The molecule has 2 N–H and O–H groups in total. The number of hydrogen-bond acceptors (Lipinski definition) is 1. The first-order chi connectivity index (χ1) is 9.69. The number of aromatic nitrogens is 1. The topological polar surface area (TPSA) is 30.9 Å². The molecule has 0 bridgehead atoms. The molecule has 1 aromatic heterocycles. The van der Waals surface area contributed by atoms with Gasteiger partial charge in [0.05, 0.1) is 0 Å². The summed E-state index contributed by atoms with van der Waals surface area (Å²) in [5, 5.41) is 1.17. The van der Waals surface area contributed by atoms with Gasteiger partial charge in [-0.25, -0.2) is 4.39 Å². The van der Waals surface area contributed by atoms with E-state index in [-0.39, 0.29) is 5.82 Å². The molecule has 102 valence electrons. The summed E-state index contributed by atoms with van der Waals surface area (Å²) in [6.07, 6.45) is 2.07. The fraction of sp³-hybridized carbons (Fsp3) is 0.125. The van der Waals surface area contributed by atoms with Crippen LogP contribution in [0.25, 0.3) is 10.9 Å². The van der Waals surface area contributed by atoms with Gasteiger partial charge in [0.25, 0.3) is 0 Å². The van der Waals surface area contributed by atoms with Gasteiger partial charge in [-0.05, 0) is 29.3 Å². The molecule has 2 aromatic carbocycles. The van der Waals surface area contributed by atoms with E-state index < -0.39 is 0 Å². The van der Waals surface area contributed by atoms with Crippen molar-refractivity contribution in [3.63, 3.8) is 0 Å². The molecule has 2 nitrogen and oxygen atoms in total. The Hall–Kier alpha value is -1.65. The molecule has 0 spiro atoms. The van der Waals surface area contributed by atoms with Crippen molar-refractivity contribution in [2.24, 2.45) is 5.73 Å². The van der Waals surface area contributed by atoms with Gasteiger partial charge in [-0.3, -0.25) is 0 Å². The quantitative estimate of drug-likeness (QED) is 0.770. The van der Waals surface area contributed by atoms with Crippen LogP contribution in [0.4, 0.5) is 4.39 Å². The standard InChI is InChI=1S/C16H14BrFN2/c17-15-7-13(18)6-5-11(15)9-20-10-12(8-19)14-3-1-2-4-16(14)20/h1-7,10H,8-9,19H2. The van der Waals surface area contributed by atoms with Crippen molar-refractivity contribution in [3.8, 4) is 0 Å². The van der Waals surface area contributed by atoms with Crippen LogP contribution in [0.5, 0.6) is 0 Å². The molecule has 4 heteroatoms. The van der Waals surface area contributed by atoms with Gasteiger partial charge in [0.2, 0.25) is 0 Å². The molecular weight excluding hydrogens is 319 g/mol. The lowest BCUT2D eigenvalue weighted by molar-refractivity contribution is 0.625. The minimum Gasteiger partial charge on any atom is -0.343 e. The highest BCUT2D eigenvalue weighted by Gasteiger charge is 2.09. The first kappa shape index (κ1) is 13.3. The average molecular weight is 333 g/mol. The van der Waals surface area contributed by atoms with Crippen LogP contribution in [0, 0.1) is 5.82 Å². The van der Waals surface area contributed by atoms with Gasteiger partial charge in [0.1, 0.15) is 5.82 Å². The summed E-state index contributed by atoms with van der Waals surface area (Å²) in [4.78, 5) is 0. The maximum Gasteiger partial charge on any atom is 0.124 e. The smallest absolute Gasteiger partial charge is 0.124 e. The zero-order valence-corrected chi connectivity index (χ0v) is 12.4. The minimum absolute atomic E-state index is 0.236. The maximum atomic E-state index is 13.1. The second-order valence-corrected chi connectivity index (χ2v) is 5.59. The third-order valence-corrected chi connectivity index (χ3v) is 4.19. The Kier molecular flexibility index (Phi) is 3.59. The molecule has 0 fully saturated rings. The summed E-state index contributed by atoms with van der Waals surface area (Å²) in [6.45, 7) is 1.19. The average Bonchev–Trinajstić information content (AvgIpc) is 2.80. The van der Waals surface area contributed by atoms with Crippen molar-refractivity contribution in [2.45, 2.75) is 13.1 Å². The summed E-state index contributed by atoms with van der Waals surface area (Å²) in [7, 11) is 0. The molecule has 0 unspecified atom stereocenters. The number of para-hydroxylation sites is 1. The van der Waals surface area contributed by atoms with Crippen LogP contribution in [0.3, 0.4) is 0 Å². The molecule has 0 aliphatic rings. The van der Waals surface area contributed by atoms with Gasteiger partial charge in [-0.15, -0.1) is 0 Å². The molecule has 0 aliphatic carbocycles. The van der Waals surface area contributed by atoms with E-state index in [1.807, 2.05) is 12.1 Å². The highest BCUT2D eigenvalue weighted by atomic mass is 79.9. The normalized spacial score (nSPS) is 11.2. The molecule has 1 heterocycles. The Balaban J connectivity index is 2.06. The van der Waals surface area contributed by atoms with Crippen LogP contribution in [0.15, 0.2) is 53.1 Å². The van der Waals surface area contributed by atoms with E-state index >= 15 is 0 Å². The molecule has 0 amide bonds. The lowest BCUT2D eigenvalue weighted by Gasteiger charge is -2.08. The van der Waals surface area contributed by atoms with Crippen molar-refractivity contribution < 1.29 is 4.39 Å². The maximum absolute atomic E-state index is 13.1. The van der Waals surface area contributed by atoms with Crippen LogP contribution in [-0.2, 0) is 13.1 Å². The molecule has 0 saturated carbocycles. The Morgan fingerprint density at radius 1 is 1.10 bits per heavy atom. The number of rotatable bonds is 3. The van der Waals surface area contributed by atoms with Crippen LogP contribution in [0.2, 0.25) is 0 Å². The lowest BCUT2D eigenvalue weighted by atomic mass is 10.2. The second-order valence-electron chi connectivity index (χ2n) is 4.74. The zero-order valence-electron chi connectivity index (χ0n) is 10.8. The van der Waals surface area contributed by atoms with E-state index in [1.54, 1.807) is 6.07 Å². The SMILES string of the molecule is NCc1cn(Cc2ccc(F)cc2Br)c2ccccc12. The minimum atomic E-state index is -0.236. The van der Waals surface area contributed by atoms with Gasteiger partial charge in [-0.2, -0.15) is 0 Å². The summed E-state index contributed by atoms with van der Waals surface area (Å²) < 4.78 is 16.1. The largest absolute Gasteiger partial charge is 0.343 e. The van der Waals surface area contributed by atoms with Crippen LogP contribution < -0.4 is 5.73 Å². The van der Waals surface area contributed by atoms with Crippen molar-refractivity contribution in [1.29, 1.82) is 0 Å². The number of halogens is 2. The van der Waals surface area contributed by atoms with E-state index in [0.29, 0.717) is 13.1 Å². The van der Waals surface area contributed by atoms with Gasteiger partial charge < -0.3 is 10.3 Å². The summed E-state index contributed by atoms with van der Waals surface area (Å²) in [5.74, 6) is -0.236. The van der Waals surface area contributed by atoms with Gasteiger partial charge in [0, 0.05) is 34.7 Å². The van der Waals surface area contributed by atoms with Crippen LogP contribution in [-0.4, -0.2) is 4.57 Å². The molecule has 0 aliphatic heterocycles. The number of benzene rings is 2. The predicted octanol–water partition coefficient (Wildman–Crippen LogP) is 4.05.